The molecule has 3 amide bonds. The summed E-state index contributed by atoms with van der Waals surface area (Å²) in [5.41, 5.74) is 1.86. The molecule has 38 heavy (non-hydrogen) atoms. The number of aromatic nitrogens is 1. The highest BCUT2D eigenvalue weighted by Gasteiger charge is 2.57. The van der Waals surface area contributed by atoms with E-state index in [9.17, 15) is 23.6 Å². The number of thiazole rings is 1. The second-order valence-electron chi connectivity index (χ2n) is 9.03. The molecule has 2 aliphatic heterocycles. The smallest absolute Gasteiger partial charge is 0.308 e. The number of hydrogen-bond acceptors (Lipinski definition) is 7. The Labute approximate surface area is 228 Å². The van der Waals surface area contributed by atoms with E-state index in [-0.39, 0.29) is 23.2 Å². The first kappa shape index (κ1) is 24.8. The fourth-order valence-electron chi connectivity index (χ4n) is 4.92. The lowest BCUT2D eigenvalue weighted by Crippen LogP contribution is -2.32. The summed E-state index contributed by atoms with van der Waals surface area (Å²) in [5.74, 6) is -2.86. The van der Waals surface area contributed by atoms with E-state index < -0.39 is 28.8 Å². The Morgan fingerprint density at radius 3 is 2.47 bits per heavy atom. The zero-order chi connectivity index (χ0) is 26.6. The lowest BCUT2D eigenvalue weighted by atomic mass is 9.87. The van der Waals surface area contributed by atoms with Crippen LogP contribution in [0, 0.1) is 18.7 Å². The van der Waals surface area contributed by atoms with Gasteiger partial charge in [-0.2, -0.15) is 0 Å². The fourth-order valence-corrected chi connectivity index (χ4v) is 8.64. The molecule has 2 aliphatic rings. The Morgan fingerprint density at radius 2 is 1.76 bits per heavy atom. The van der Waals surface area contributed by atoms with Gasteiger partial charge >= 0.3 is 4.87 Å². The summed E-state index contributed by atoms with van der Waals surface area (Å²) in [6, 6.07) is 16.4. The number of benzene rings is 2. The second-order valence-corrected chi connectivity index (χ2v) is 12.1. The SMILES string of the molecule is Cc1ccccc1NC(=O)Cn1c2c(sc1=O)[C@H](c1cccs1)C1C(=O)N(c3ccc(F)cc3)C(=O)C1S2. The molecule has 6 rings (SSSR count). The highest BCUT2D eigenvalue weighted by molar-refractivity contribution is 8.00. The quantitative estimate of drug-likeness (QED) is 0.350. The van der Waals surface area contributed by atoms with Gasteiger partial charge in [-0.05, 0) is 54.3 Å². The molecule has 0 aliphatic carbocycles. The molecule has 0 bridgehead atoms. The molecule has 1 N–H and O–H groups in total. The number of carbonyl (C=O) groups is 3. The van der Waals surface area contributed by atoms with Crippen LogP contribution in [0.2, 0.25) is 0 Å². The first-order valence-corrected chi connectivity index (χ1v) is 14.3. The molecule has 3 atom stereocenters. The number of thioether (sulfide) groups is 1. The number of anilines is 2. The molecule has 192 valence electrons. The van der Waals surface area contributed by atoms with Gasteiger partial charge in [-0.1, -0.05) is 47.4 Å². The third-order valence-corrected chi connectivity index (χ3v) is 10.3. The second kappa shape index (κ2) is 9.64. The van der Waals surface area contributed by atoms with Gasteiger partial charge in [-0.3, -0.25) is 23.7 Å². The minimum absolute atomic E-state index is 0.218. The molecule has 4 heterocycles. The van der Waals surface area contributed by atoms with Crippen LogP contribution in [0.3, 0.4) is 0 Å². The fraction of sp³-hybridized carbons (Fsp3) is 0.185. The first-order valence-electron chi connectivity index (χ1n) is 11.8. The molecule has 2 unspecified atom stereocenters. The summed E-state index contributed by atoms with van der Waals surface area (Å²) >= 11 is 3.61. The lowest BCUT2D eigenvalue weighted by molar-refractivity contribution is -0.122. The number of fused-ring (bicyclic) bond motifs is 2. The Bertz CT molecular complexity index is 1630. The molecule has 4 aromatic rings. The van der Waals surface area contributed by atoms with Gasteiger partial charge in [0.15, 0.2) is 0 Å². The predicted octanol–water partition coefficient (Wildman–Crippen LogP) is 4.85. The maximum atomic E-state index is 13.7. The Balaban J connectivity index is 1.39. The standard InChI is InChI=1S/C27H20FN3O4S3/c1-14-5-2-3-6-17(14)29-19(32)13-30-26-23(38-27(30)35)20(18-7-4-12-36-18)21-22(37-26)25(34)31(24(21)33)16-10-8-15(28)9-11-16/h2-12,20-22H,13H2,1H3,(H,29,32)/t20-,21?,22?/m1/s1. The van der Waals surface area contributed by atoms with Crippen molar-refractivity contribution < 1.29 is 18.8 Å². The molecule has 11 heteroatoms. The van der Waals surface area contributed by atoms with E-state index in [2.05, 4.69) is 5.32 Å². The topological polar surface area (TPSA) is 88.5 Å². The Kier molecular flexibility index (Phi) is 6.29. The molecule has 2 aromatic carbocycles. The van der Waals surface area contributed by atoms with Crippen molar-refractivity contribution in [2.75, 3.05) is 10.2 Å². The van der Waals surface area contributed by atoms with E-state index in [1.807, 2.05) is 42.6 Å². The van der Waals surface area contributed by atoms with Crippen LogP contribution >= 0.6 is 34.4 Å². The van der Waals surface area contributed by atoms with Crippen LogP contribution in [0.1, 0.15) is 21.2 Å². The summed E-state index contributed by atoms with van der Waals surface area (Å²) in [6.07, 6.45) is 0. The number of amides is 3. The molecule has 1 saturated heterocycles. The number of imide groups is 1. The lowest BCUT2D eigenvalue weighted by Gasteiger charge is -2.29. The molecule has 1 fully saturated rings. The number of thiophene rings is 1. The van der Waals surface area contributed by atoms with Gasteiger partial charge in [0, 0.05) is 21.4 Å². The van der Waals surface area contributed by atoms with Gasteiger partial charge in [-0.25, -0.2) is 9.29 Å². The van der Waals surface area contributed by atoms with Crippen molar-refractivity contribution >= 4 is 63.5 Å². The molecular formula is C27H20FN3O4S3. The van der Waals surface area contributed by atoms with Crippen LogP contribution in [0.5, 0.6) is 0 Å². The summed E-state index contributed by atoms with van der Waals surface area (Å²) in [7, 11) is 0. The molecule has 0 radical (unpaired) electrons. The van der Waals surface area contributed by atoms with Gasteiger partial charge in [-0.15, -0.1) is 11.3 Å². The number of rotatable bonds is 5. The van der Waals surface area contributed by atoms with Gasteiger partial charge in [0.2, 0.25) is 17.7 Å². The maximum Gasteiger partial charge on any atom is 0.308 e. The van der Waals surface area contributed by atoms with Crippen molar-refractivity contribution in [1.82, 2.24) is 4.57 Å². The summed E-state index contributed by atoms with van der Waals surface area (Å²) in [5, 5.41) is 4.49. The zero-order valence-electron chi connectivity index (χ0n) is 19.9. The van der Waals surface area contributed by atoms with Crippen LogP contribution in [0.4, 0.5) is 15.8 Å². The summed E-state index contributed by atoms with van der Waals surface area (Å²) in [4.78, 5) is 55.8. The van der Waals surface area contributed by atoms with Crippen molar-refractivity contribution in [1.29, 1.82) is 0 Å². The Morgan fingerprint density at radius 1 is 1.00 bits per heavy atom. The average Bonchev–Trinajstić information content (AvgIpc) is 3.59. The zero-order valence-corrected chi connectivity index (χ0v) is 22.4. The predicted molar refractivity (Wildman–Crippen MR) is 147 cm³/mol. The number of aryl methyl sites for hydroxylation is 1. The first-order chi connectivity index (χ1) is 18.3. The van der Waals surface area contributed by atoms with E-state index in [1.165, 1.54) is 40.2 Å². The van der Waals surface area contributed by atoms with Gasteiger partial charge in [0.1, 0.15) is 17.6 Å². The molecule has 7 nitrogen and oxygen atoms in total. The van der Waals surface area contributed by atoms with Gasteiger partial charge in [0.25, 0.3) is 0 Å². The minimum Gasteiger partial charge on any atom is -0.324 e. The van der Waals surface area contributed by atoms with Gasteiger partial charge < -0.3 is 5.32 Å². The number of halogens is 1. The van der Waals surface area contributed by atoms with Crippen LogP contribution in [0.15, 0.2) is 75.9 Å². The normalized spacial score (nSPS) is 20.4. The number of para-hydroxylation sites is 1. The molecular weight excluding hydrogens is 546 g/mol. The minimum atomic E-state index is -0.785. The Hall–Kier alpha value is -3.54. The van der Waals surface area contributed by atoms with Crippen molar-refractivity contribution in [2.24, 2.45) is 5.92 Å². The highest BCUT2D eigenvalue weighted by Crippen LogP contribution is 2.54. The van der Waals surface area contributed by atoms with Crippen molar-refractivity contribution in [3.05, 3.63) is 96.8 Å². The van der Waals surface area contributed by atoms with Crippen LogP contribution < -0.4 is 15.1 Å². The average molecular weight is 566 g/mol. The number of carbonyl (C=O) groups excluding carboxylic acids is 3. The third kappa shape index (κ3) is 4.11. The highest BCUT2D eigenvalue weighted by atomic mass is 32.2. The van der Waals surface area contributed by atoms with E-state index in [0.29, 0.717) is 21.3 Å². The summed E-state index contributed by atoms with van der Waals surface area (Å²) in [6.45, 7) is 1.66. The molecule has 0 saturated carbocycles. The van der Waals surface area contributed by atoms with E-state index >= 15 is 0 Å². The van der Waals surface area contributed by atoms with Gasteiger partial charge in [0.05, 0.1) is 16.6 Å². The number of hydrogen-bond donors (Lipinski definition) is 1. The van der Waals surface area contributed by atoms with E-state index in [0.717, 1.165) is 38.4 Å². The monoisotopic (exact) mass is 565 g/mol. The third-order valence-electron chi connectivity index (χ3n) is 6.70. The molecule has 0 spiro atoms. The van der Waals surface area contributed by atoms with E-state index in [1.54, 1.807) is 6.07 Å². The van der Waals surface area contributed by atoms with Crippen molar-refractivity contribution in [3.8, 4) is 0 Å². The van der Waals surface area contributed by atoms with Crippen molar-refractivity contribution in [3.63, 3.8) is 0 Å². The van der Waals surface area contributed by atoms with Crippen molar-refractivity contribution in [2.45, 2.75) is 29.7 Å². The number of nitrogens with one attached hydrogen (secondary N) is 1. The maximum absolute atomic E-state index is 13.7. The largest absolute Gasteiger partial charge is 0.324 e. The molecule has 2 aromatic heterocycles. The van der Waals surface area contributed by atoms with Crippen LogP contribution in [-0.4, -0.2) is 27.5 Å². The number of nitrogens with zero attached hydrogens (tertiary/aromatic N) is 2. The summed E-state index contributed by atoms with van der Waals surface area (Å²) < 4.78 is 14.9. The van der Waals surface area contributed by atoms with Crippen LogP contribution in [-0.2, 0) is 20.9 Å². The van der Waals surface area contributed by atoms with Crippen LogP contribution in [0.25, 0.3) is 0 Å². The van der Waals surface area contributed by atoms with E-state index in [4.69, 9.17) is 0 Å².